The maximum Gasteiger partial charge on any atom is 0.321 e. The molecule has 0 spiro atoms. The first-order valence-electron chi connectivity index (χ1n) is 7.93. The lowest BCUT2D eigenvalue weighted by Gasteiger charge is -2.14. The number of ether oxygens (including phenoxy) is 1. The van der Waals surface area contributed by atoms with Crippen LogP contribution >= 0.6 is 0 Å². The summed E-state index contributed by atoms with van der Waals surface area (Å²) in [5, 5.41) is 4.57. The predicted octanol–water partition coefficient (Wildman–Crippen LogP) is 1.88. The Morgan fingerprint density at radius 2 is 1.84 bits per heavy atom. The van der Waals surface area contributed by atoms with Crippen molar-refractivity contribution in [3.05, 3.63) is 60.1 Å². The molecule has 2 aromatic rings. The van der Waals surface area contributed by atoms with Gasteiger partial charge in [0.2, 0.25) is 0 Å². The van der Waals surface area contributed by atoms with E-state index in [1.54, 1.807) is 12.1 Å². The first kappa shape index (κ1) is 16.8. The fourth-order valence-corrected chi connectivity index (χ4v) is 2.55. The van der Waals surface area contributed by atoms with Crippen molar-refractivity contribution in [3.63, 3.8) is 0 Å². The minimum absolute atomic E-state index is 0.156. The number of hydrogen-bond donors (Lipinski definition) is 2. The quantitative estimate of drug-likeness (QED) is 0.781. The minimum atomic E-state index is -0.686. The Bertz CT molecular complexity index is 751. The Hall–Kier alpha value is -3.09. The molecule has 0 atom stereocenters. The van der Waals surface area contributed by atoms with Crippen LogP contribution in [0.3, 0.4) is 0 Å². The molecule has 1 aliphatic carbocycles. The van der Waals surface area contributed by atoms with E-state index in [1.165, 1.54) is 6.26 Å². The van der Waals surface area contributed by atoms with Crippen LogP contribution in [-0.4, -0.2) is 24.5 Å². The van der Waals surface area contributed by atoms with E-state index in [1.807, 2.05) is 30.3 Å². The highest BCUT2D eigenvalue weighted by Crippen LogP contribution is 2.49. The summed E-state index contributed by atoms with van der Waals surface area (Å²) in [6.45, 7) is -0.343. The van der Waals surface area contributed by atoms with E-state index in [2.05, 4.69) is 10.6 Å². The van der Waals surface area contributed by atoms with Gasteiger partial charge in [-0.25, -0.2) is 4.79 Å². The molecule has 3 rings (SSSR count). The van der Waals surface area contributed by atoms with Crippen molar-refractivity contribution in [2.75, 3.05) is 6.61 Å². The van der Waals surface area contributed by atoms with Crippen LogP contribution in [0.25, 0.3) is 0 Å². The lowest BCUT2D eigenvalue weighted by Crippen LogP contribution is -2.41. The number of rotatable bonds is 6. The van der Waals surface area contributed by atoms with Crippen LogP contribution in [0.15, 0.2) is 53.1 Å². The van der Waals surface area contributed by atoms with Crippen molar-refractivity contribution in [1.82, 2.24) is 10.6 Å². The van der Waals surface area contributed by atoms with E-state index >= 15 is 0 Å². The van der Waals surface area contributed by atoms with Crippen LogP contribution in [0.1, 0.15) is 24.2 Å². The second-order valence-corrected chi connectivity index (χ2v) is 5.83. The van der Waals surface area contributed by atoms with E-state index < -0.39 is 29.9 Å². The van der Waals surface area contributed by atoms with E-state index in [9.17, 15) is 14.4 Å². The molecule has 0 saturated heterocycles. The molecule has 1 aromatic heterocycles. The van der Waals surface area contributed by atoms with Gasteiger partial charge >= 0.3 is 12.0 Å². The maximum absolute atomic E-state index is 12.3. The minimum Gasteiger partial charge on any atom is -0.467 e. The number of carbonyl (C=O) groups excluding carboxylic acids is 3. The third kappa shape index (κ3) is 4.06. The van der Waals surface area contributed by atoms with Crippen LogP contribution in [0.2, 0.25) is 0 Å². The molecule has 1 heterocycles. The summed E-state index contributed by atoms with van der Waals surface area (Å²) in [6, 6.07) is 12.0. The van der Waals surface area contributed by atoms with E-state index in [-0.39, 0.29) is 6.54 Å². The highest BCUT2D eigenvalue weighted by atomic mass is 16.5. The number of benzene rings is 1. The van der Waals surface area contributed by atoms with Gasteiger partial charge in [-0.05, 0) is 30.5 Å². The van der Waals surface area contributed by atoms with Crippen LogP contribution in [0, 0.1) is 0 Å². The molecule has 0 aliphatic heterocycles. The van der Waals surface area contributed by atoms with E-state index in [0.717, 1.165) is 5.56 Å². The number of urea groups is 1. The van der Waals surface area contributed by atoms with Crippen LogP contribution in [0.4, 0.5) is 4.79 Å². The van der Waals surface area contributed by atoms with Crippen molar-refractivity contribution in [2.24, 2.45) is 0 Å². The van der Waals surface area contributed by atoms with Gasteiger partial charge in [0.25, 0.3) is 5.91 Å². The average molecular weight is 342 g/mol. The summed E-state index contributed by atoms with van der Waals surface area (Å²) in [5.41, 5.74) is 0.236. The topological polar surface area (TPSA) is 97.6 Å². The molecule has 25 heavy (non-hydrogen) atoms. The molecular formula is C18H18N2O5. The summed E-state index contributed by atoms with van der Waals surface area (Å²) < 4.78 is 10.1. The maximum atomic E-state index is 12.3. The third-order valence-corrected chi connectivity index (χ3v) is 4.06. The fourth-order valence-electron chi connectivity index (χ4n) is 2.55. The Labute approximate surface area is 144 Å². The monoisotopic (exact) mass is 342 g/mol. The molecule has 1 saturated carbocycles. The number of imide groups is 1. The standard InChI is InChI=1S/C18H18N2O5/c21-15(20-17(23)19-11-14-7-4-10-24-14)12-25-16(22)18(8-9-18)13-5-2-1-3-6-13/h1-7,10H,8-9,11-12H2,(H2,19,20,21,23). The molecule has 1 fully saturated rings. The summed E-state index contributed by atoms with van der Waals surface area (Å²) in [5.74, 6) is -0.563. The zero-order valence-corrected chi connectivity index (χ0v) is 13.5. The van der Waals surface area contributed by atoms with Gasteiger partial charge in [-0.15, -0.1) is 0 Å². The predicted molar refractivity (Wildman–Crippen MR) is 87.4 cm³/mol. The van der Waals surface area contributed by atoms with Gasteiger partial charge < -0.3 is 14.5 Å². The zero-order chi connectivity index (χ0) is 17.7. The van der Waals surface area contributed by atoms with Gasteiger partial charge in [0.1, 0.15) is 5.76 Å². The van der Waals surface area contributed by atoms with Gasteiger partial charge in [0.15, 0.2) is 6.61 Å². The normalized spacial score (nSPS) is 14.4. The van der Waals surface area contributed by atoms with Gasteiger partial charge in [0, 0.05) is 0 Å². The fraction of sp³-hybridized carbons (Fsp3) is 0.278. The molecule has 130 valence electrons. The highest BCUT2D eigenvalue weighted by Gasteiger charge is 2.52. The van der Waals surface area contributed by atoms with Gasteiger partial charge in [0.05, 0.1) is 18.2 Å². The number of hydrogen-bond acceptors (Lipinski definition) is 5. The number of amides is 3. The summed E-state index contributed by atoms with van der Waals surface area (Å²) in [6.07, 6.45) is 2.88. The molecule has 1 aromatic carbocycles. The van der Waals surface area contributed by atoms with Crippen molar-refractivity contribution >= 4 is 17.9 Å². The van der Waals surface area contributed by atoms with Crippen molar-refractivity contribution in [1.29, 1.82) is 0 Å². The molecule has 0 bridgehead atoms. The first-order chi connectivity index (χ1) is 12.1. The average Bonchev–Trinajstić information content (AvgIpc) is 3.27. The molecule has 1 aliphatic rings. The Balaban J connectivity index is 1.43. The summed E-state index contributed by atoms with van der Waals surface area (Å²) >= 11 is 0. The molecule has 7 heteroatoms. The first-order valence-corrected chi connectivity index (χ1v) is 7.93. The Morgan fingerprint density at radius 3 is 2.48 bits per heavy atom. The zero-order valence-electron chi connectivity index (χ0n) is 13.5. The lowest BCUT2D eigenvalue weighted by atomic mass is 9.96. The number of esters is 1. The van der Waals surface area contributed by atoms with Crippen molar-refractivity contribution < 1.29 is 23.5 Å². The molecule has 2 N–H and O–H groups in total. The van der Waals surface area contributed by atoms with E-state index in [0.29, 0.717) is 18.6 Å². The van der Waals surface area contributed by atoms with Gasteiger partial charge in [-0.3, -0.25) is 14.9 Å². The number of nitrogens with one attached hydrogen (secondary N) is 2. The molecular weight excluding hydrogens is 324 g/mol. The highest BCUT2D eigenvalue weighted by molar-refractivity contribution is 5.96. The number of furan rings is 1. The summed E-state index contributed by atoms with van der Waals surface area (Å²) in [4.78, 5) is 35.6. The lowest BCUT2D eigenvalue weighted by molar-refractivity contribution is -0.150. The van der Waals surface area contributed by atoms with Gasteiger partial charge in [-0.2, -0.15) is 0 Å². The molecule has 3 amide bonds. The van der Waals surface area contributed by atoms with Crippen molar-refractivity contribution in [3.8, 4) is 0 Å². The SMILES string of the molecule is O=C(COC(=O)C1(c2ccccc2)CC1)NC(=O)NCc1ccco1. The smallest absolute Gasteiger partial charge is 0.321 e. The molecule has 0 unspecified atom stereocenters. The van der Waals surface area contributed by atoms with E-state index in [4.69, 9.17) is 9.15 Å². The summed E-state index contributed by atoms with van der Waals surface area (Å²) in [7, 11) is 0. The number of carbonyl (C=O) groups is 3. The third-order valence-electron chi connectivity index (χ3n) is 4.06. The van der Waals surface area contributed by atoms with Crippen molar-refractivity contribution in [2.45, 2.75) is 24.8 Å². The second-order valence-electron chi connectivity index (χ2n) is 5.83. The molecule has 0 radical (unpaired) electrons. The van der Waals surface area contributed by atoms with Crippen LogP contribution in [0.5, 0.6) is 0 Å². The largest absolute Gasteiger partial charge is 0.467 e. The Kier molecular flexibility index (Phi) is 4.83. The molecule has 7 nitrogen and oxygen atoms in total. The second kappa shape index (κ2) is 7.21. The van der Waals surface area contributed by atoms with Crippen LogP contribution < -0.4 is 10.6 Å². The van der Waals surface area contributed by atoms with Gasteiger partial charge in [-0.1, -0.05) is 30.3 Å². The van der Waals surface area contributed by atoms with Crippen LogP contribution in [-0.2, 0) is 26.3 Å². The Morgan fingerprint density at radius 1 is 1.08 bits per heavy atom.